The molecule has 1 aromatic heterocycles. The molecule has 0 unspecified atom stereocenters. The molecule has 10 heteroatoms. The van der Waals surface area contributed by atoms with Gasteiger partial charge in [-0.3, -0.25) is 10.1 Å². The monoisotopic (exact) mass is 381 g/mol. The summed E-state index contributed by atoms with van der Waals surface area (Å²) in [6.45, 7) is 2.15. The maximum atomic E-state index is 12.4. The van der Waals surface area contributed by atoms with Crippen molar-refractivity contribution in [3.05, 3.63) is 76.4 Å². The molecule has 0 saturated heterocycles. The fraction of sp³-hybridized carbons (Fsp3) is 0.111. The molecular formula is C18H15N5O5. The molecule has 10 nitrogen and oxygen atoms in total. The summed E-state index contributed by atoms with van der Waals surface area (Å²) in [7, 11) is 0. The topological polar surface area (TPSA) is 122 Å². The van der Waals surface area contributed by atoms with Crippen LogP contribution >= 0.6 is 0 Å². The normalized spacial score (nSPS) is 10.8. The van der Waals surface area contributed by atoms with Gasteiger partial charge in [0, 0.05) is 12.1 Å². The first-order valence-corrected chi connectivity index (χ1v) is 8.19. The molecule has 0 saturated carbocycles. The average Bonchev–Trinajstić information content (AvgIpc) is 3.22. The van der Waals surface area contributed by atoms with Crippen LogP contribution in [-0.2, 0) is 0 Å². The maximum absolute atomic E-state index is 12.4. The van der Waals surface area contributed by atoms with Crippen molar-refractivity contribution < 1.29 is 19.2 Å². The van der Waals surface area contributed by atoms with Gasteiger partial charge in [0.2, 0.25) is 0 Å². The fourth-order valence-corrected chi connectivity index (χ4v) is 2.25. The number of nitro benzene ring substituents is 1. The second-order valence-electron chi connectivity index (χ2n) is 5.42. The van der Waals surface area contributed by atoms with E-state index in [1.54, 1.807) is 31.3 Å². The third-order valence-corrected chi connectivity index (χ3v) is 3.51. The molecule has 0 aliphatic carbocycles. The van der Waals surface area contributed by atoms with Gasteiger partial charge in [-0.15, -0.1) is 10.2 Å². The summed E-state index contributed by atoms with van der Waals surface area (Å²) in [5.74, 6) is -0.190. The molecule has 0 aliphatic rings. The zero-order valence-electron chi connectivity index (χ0n) is 14.8. The van der Waals surface area contributed by atoms with Gasteiger partial charge in [-0.05, 0) is 36.8 Å². The van der Waals surface area contributed by atoms with Gasteiger partial charge >= 0.3 is 5.97 Å². The third kappa shape index (κ3) is 4.55. The minimum Gasteiger partial charge on any atom is -0.490 e. The Hall–Kier alpha value is -4.08. The first-order chi connectivity index (χ1) is 13.6. The number of aromatic nitrogens is 3. The van der Waals surface area contributed by atoms with Crippen LogP contribution in [0.5, 0.6) is 11.5 Å². The van der Waals surface area contributed by atoms with Gasteiger partial charge in [0.25, 0.3) is 5.69 Å². The molecule has 3 aromatic rings. The number of hydrogen-bond acceptors (Lipinski definition) is 8. The van der Waals surface area contributed by atoms with Gasteiger partial charge in [-0.2, -0.15) is 5.10 Å². The van der Waals surface area contributed by atoms with Gasteiger partial charge in [-0.1, -0.05) is 6.07 Å². The molecule has 0 amide bonds. The Balaban J connectivity index is 1.81. The zero-order valence-corrected chi connectivity index (χ0v) is 14.8. The number of carbonyl (C=O) groups is 1. The van der Waals surface area contributed by atoms with Crippen molar-refractivity contribution in [2.45, 2.75) is 6.92 Å². The number of rotatable bonds is 7. The SMILES string of the molecule is CCOc1cc(C=Nn2cnnc2)ccc1OC(=O)c1cccc([N+](=O)[O-])c1. The lowest BCUT2D eigenvalue weighted by Gasteiger charge is -2.11. The lowest BCUT2D eigenvalue weighted by molar-refractivity contribution is -0.384. The van der Waals surface area contributed by atoms with Gasteiger partial charge < -0.3 is 9.47 Å². The number of non-ortho nitro benzene ring substituents is 1. The Labute approximate surface area is 159 Å². The standard InChI is InChI=1S/C18H15N5O5/c1-2-27-17-8-13(10-21-22-11-19-20-12-22)6-7-16(17)28-18(24)14-4-3-5-15(9-14)23(25)26/h3-12H,2H2,1H3. The number of esters is 1. The summed E-state index contributed by atoms with van der Waals surface area (Å²) in [6.07, 6.45) is 4.45. The highest BCUT2D eigenvalue weighted by molar-refractivity contribution is 5.92. The van der Waals surface area contributed by atoms with Gasteiger partial charge in [0.05, 0.1) is 23.3 Å². The summed E-state index contributed by atoms with van der Waals surface area (Å²) >= 11 is 0. The van der Waals surface area contributed by atoms with Crippen LogP contribution < -0.4 is 9.47 Å². The lowest BCUT2D eigenvalue weighted by atomic mass is 10.2. The summed E-state index contributed by atoms with van der Waals surface area (Å²) in [4.78, 5) is 22.7. The highest BCUT2D eigenvalue weighted by atomic mass is 16.6. The Bertz CT molecular complexity index is 1020. The maximum Gasteiger partial charge on any atom is 0.343 e. The Morgan fingerprint density at radius 3 is 2.71 bits per heavy atom. The molecule has 0 bridgehead atoms. The molecule has 0 fully saturated rings. The van der Waals surface area contributed by atoms with Crippen LogP contribution in [0.15, 0.2) is 60.2 Å². The van der Waals surface area contributed by atoms with Crippen LogP contribution in [-0.4, -0.2) is 38.6 Å². The van der Waals surface area contributed by atoms with Crippen LogP contribution in [0, 0.1) is 10.1 Å². The van der Waals surface area contributed by atoms with E-state index in [4.69, 9.17) is 9.47 Å². The van der Waals surface area contributed by atoms with Crippen molar-refractivity contribution >= 4 is 17.9 Å². The largest absolute Gasteiger partial charge is 0.490 e. The molecule has 0 spiro atoms. The zero-order chi connectivity index (χ0) is 19.9. The number of ether oxygens (including phenoxy) is 2. The molecule has 1 heterocycles. The second kappa shape index (κ2) is 8.54. The first kappa shape index (κ1) is 18.7. The highest BCUT2D eigenvalue weighted by Gasteiger charge is 2.16. The van der Waals surface area contributed by atoms with E-state index in [2.05, 4.69) is 15.3 Å². The summed E-state index contributed by atoms with van der Waals surface area (Å²) in [5.41, 5.74) is 0.572. The molecule has 0 atom stereocenters. The van der Waals surface area contributed by atoms with E-state index < -0.39 is 10.9 Å². The minimum atomic E-state index is -0.726. The van der Waals surface area contributed by atoms with E-state index in [9.17, 15) is 14.9 Å². The molecule has 3 rings (SSSR count). The molecule has 0 aliphatic heterocycles. The average molecular weight is 381 g/mol. The van der Waals surface area contributed by atoms with Crippen molar-refractivity contribution in [3.63, 3.8) is 0 Å². The van der Waals surface area contributed by atoms with Crippen molar-refractivity contribution in [3.8, 4) is 11.5 Å². The predicted octanol–water partition coefficient (Wildman–Crippen LogP) is 2.69. The summed E-state index contributed by atoms with van der Waals surface area (Å²) < 4.78 is 12.3. The molecule has 2 aromatic carbocycles. The molecule has 142 valence electrons. The fourth-order valence-electron chi connectivity index (χ4n) is 2.25. The number of benzene rings is 2. The van der Waals surface area contributed by atoms with Gasteiger partial charge in [0.15, 0.2) is 11.5 Å². The van der Waals surface area contributed by atoms with E-state index in [0.717, 1.165) is 6.07 Å². The van der Waals surface area contributed by atoms with Crippen molar-refractivity contribution in [2.24, 2.45) is 5.10 Å². The van der Waals surface area contributed by atoms with Crippen LogP contribution in [0.25, 0.3) is 0 Å². The van der Waals surface area contributed by atoms with Crippen molar-refractivity contribution in [1.29, 1.82) is 0 Å². The van der Waals surface area contributed by atoms with E-state index in [1.807, 2.05) is 0 Å². The molecule has 0 radical (unpaired) electrons. The van der Waals surface area contributed by atoms with Crippen molar-refractivity contribution in [1.82, 2.24) is 14.9 Å². The van der Waals surface area contributed by atoms with Gasteiger partial charge in [-0.25, -0.2) is 9.47 Å². The number of nitrogens with zero attached hydrogens (tertiary/aromatic N) is 5. The van der Waals surface area contributed by atoms with Gasteiger partial charge in [0.1, 0.15) is 12.7 Å². The number of carbonyl (C=O) groups excluding carboxylic acids is 1. The second-order valence-corrected chi connectivity index (χ2v) is 5.42. The highest BCUT2D eigenvalue weighted by Crippen LogP contribution is 2.29. The third-order valence-electron chi connectivity index (χ3n) is 3.51. The Kier molecular flexibility index (Phi) is 5.70. The minimum absolute atomic E-state index is 0.0647. The van der Waals surface area contributed by atoms with E-state index in [-0.39, 0.29) is 17.0 Å². The summed E-state index contributed by atoms with van der Waals surface area (Å²) in [6, 6.07) is 10.2. The summed E-state index contributed by atoms with van der Waals surface area (Å²) in [5, 5.41) is 22.3. The predicted molar refractivity (Wildman–Crippen MR) is 98.7 cm³/mol. The van der Waals surface area contributed by atoms with E-state index >= 15 is 0 Å². The smallest absolute Gasteiger partial charge is 0.343 e. The first-order valence-electron chi connectivity index (χ1n) is 8.19. The molecule has 0 N–H and O–H groups in total. The van der Waals surface area contributed by atoms with Crippen LogP contribution in [0.3, 0.4) is 0 Å². The van der Waals surface area contributed by atoms with Crippen LogP contribution in [0.4, 0.5) is 5.69 Å². The number of nitro groups is 1. The Morgan fingerprint density at radius 1 is 1.21 bits per heavy atom. The quantitative estimate of drug-likeness (QED) is 0.203. The van der Waals surface area contributed by atoms with Crippen molar-refractivity contribution in [2.75, 3.05) is 6.61 Å². The van der Waals surface area contributed by atoms with Crippen LogP contribution in [0.1, 0.15) is 22.8 Å². The molecule has 28 heavy (non-hydrogen) atoms. The van der Waals surface area contributed by atoms with Crippen LogP contribution in [0.2, 0.25) is 0 Å². The molecular weight excluding hydrogens is 366 g/mol. The Morgan fingerprint density at radius 2 is 2.00 bits per heavy atom. The number of hydrogen-bond donors (Lipinski definition) is 0. The van der Waals surface area contributed by atoms with E-state index in [1.165, 1.54) is 35.5 Å². The lowest BCUT2D eigenvalue weighted by Crippen LogP contribution is -2.10. The van der Waals surface area contributed by atoms with E-state index in [0.29, 0.717) is 17.9 Å².